The van der Waals surface area contributed by atoms with Gasteiger partial charge in [0.2, 0.25) is 0 Å². The summed E-state index contributed by atoms with van der Waals surface area (Å²) < 4.78 is 4.82. The van der Waals surface area contributed by atoms with Crippen molar-refractivity contribution in [1.82, 2.24) is 5.32 Å². The van der Waals surface area contributed by atoms with Crippen LogP contribution in [0.3, 0.4) is 0 Å². The molecule has 1 N–H and O–H groups in total. The molecule has 0 aromatic heterocycles. The maximum atomic E-state index is 11.5. The van der Waals surface area contributed by atoms with Crippen molar-refractivity contribution in [2.24, 2.45) is 11.8 Å². The molecule has 2 atom stereocenters. The van der Waals surface area contributed by atoms with Gasteiger partial charge in [-0.25, -0.2) is 0 Å². The minimum absolute atomic E-state index is 0.0799. The summed E-state index contributed by atoms with van der Waals surface area (Å²) in [7, 11) is 1.46. The Morgan fingerprint density at radius 2 is 2.00 bits per heavy atom. The molecule has 1 saturated carbocycles. The molecule has 3 nitrogen and oxygen atoms in total. The lowest BCUT2D eigenvalue weighted by molar-refractivity contribution is -0.144. The van der Waals surface area contributed by atoms with Crippen molar-refractivity contribution in [3.63, 3.8) is 0 Å². The highest BCUT2D eigenvalue weighted by atomic mass is 16.5. The Bertz CT molecular complexity index is 212. The Hall–Kier alpha value is -0.570. The number of nitrogens with one attached hydrogen (secondary N) is 1. The zero-order chi connectivity index (χ0) is 11.4. The number of esters is 1. The van der Waals surface area contributed by atoms with Crippen molar-refractivity contribution < 1.29 is 9.53 Å². The van der Waals surface area contributed by atoms with E-state index in [1.54, 1.807) is 0 Å². The van der Waals surface area contributed by atoms with E-state index in [-0.39, 0.29) is 12.0 Å². The summed E-state index contributed by atoms with van der Waals surface area (Å²) in [6.45, 7) is 6.53. The van der Waals surface area contributed by atoms with E-state index in [1.807, 2.05) is 0 Å². The molecule has 1 aliphatic rings. The Balaban J connectivity index is 2.40. The fraction of sp³-hybridized carbons (Fsp3) is 0.917. The van der Waals surface area contributed by atoms with E-state index >= 15 is 0 Å². The van der Waals surface area contributed by atoms with Crippen LogP contribution in [-0.2, 0) is 9.53 Å². The number of hydrogen-bond acceptors (Lipinski definition) is 3. The quantitative estimate of drug-likeness (QED) is 0.685. The first kappa shape index (κ1) is 12.5. The predicted molar refractivity (Wildman–Crippen MR) is 60.6 cm³/mol. The van der Waals surface area contributed by atoms with Crippen LogP contribution in [0.25, 0.3) is 0 Å². The van der Waals surface area contributed by atoms with Crippen LogP contribution in [-0.4, -0.2) is 25.2 Å². The molecular formula is C12H23NO2. The highest BCUT2D eigenvalue weighted by Gasteiger charge is 2.37. The van der Waals surface area contributed by atoms with Gasteiger partial charge in [0.05, 0.1) is 7.11 Å². The Labute approximate surface area is 92.6 Å². The summed E-state index contributed by atoms with van der Waals surface area (Å²) in [5.41, 5.74) is 0. The molecule has 0 heterocycles. The molecule has 0 aromatic rings. The van der Waals surface area contributed by atoms with Gasteiger partial charge in [-0.1, -0.05) is 13.8 Å². The third-order valence-corrected chi connectivity index (χ3v) is 2.84. The van der Waals surface area contributed by atoms with Gasteiger partial charge in [-0.2, -0.15) is 0 Å². The highest BCUT2D eigenvalue weighted by Crippen LogP contribution is 2.33. The number of ether oxygens (including phenoxy) is 1. The van der Waals surface area contributed by atoms with Crippen LogP contribution in [0, 0.1) is 11.8 Å². The van der Waals surface area contributed by atoms with Crippen molar-refractivity contribution in [2.75, 3.05) is 7.11 Å². The third kappa shape index (κ3) is 4.20. The average Bonchev–Trinajstić information content (AvgIpc) is 2.95. The largest absolute Gasteiger partial charge is 0.468 e. The fourth-order valence-corrected chi connectivity index (χ4v) is 2.03. The Kier molecular flexibility index (Phi) is 4.58. The van der Waals surface area contributed by atoms with Gasteiger partial charge in [0.1, 0.15) is 6.04 Å². The second-order valence-electron chi connectivity index (χ2n) is 5.04. The molecule has 0 aromatic carbocycles. The summed E-state index contributed by atoms with van der Waals surface area (Å²) >= 11 is 0. The van der Waals surface area contributed by atoms with Crippen molar-refractivity contribution in [2.45, 2.75) is 52.1 Å². The van der Waals surface area contributed by atoms with Gasteiger partial charge in [0.25, 0.3) is 0 Å². The summed E-state index contributed by atoms with van der Waals surface area (Å²) in [6, 6.07) is 0.304. The molecule has 1 aliphatic carbocycles. The van der Waals surface area contributed by atoms with Gasteiger partial charge in [-0.3, -0.25) is 4.79 Å². The molecule has 0 aliphatic heterocycles. The zero-order valence-corrected chi connectivity index (χ0v) is 10.2. The second-order valence-corrected chi connectivity index (χ2v) is 5.04. The molecule has 2 unspecified atom stereocenters. The third-order valence-electron chi connectivity index (χ3n) is 2.84. The first-order chi connectivity index (χ1) is 7.04. The van der Waals surface area contributed by atoms with E-state index in [0.717, 1.165) is 19.3 Å². The van der Waals surface area contributed by atoms with Gasteiger partial charge in [-0.05, 0) is 38.0 Å². The van der Waals surface area contributed by atoms with Crippen LogP contribution in [0.2, 0.25) is 0 Å². The number of carbonyl (C=O) groups is 1. The number of hydrogen-bond donors (Lipinski definition) is 1. The van der Waals surface area contributed by atoms with E-state index in [2.05, 4.69) is 26.1 Å². The van der Waals surface area contributed by atoms with Crippen molar-refractivity contribution >= 4 is 5.97 Å². The molecule has 0 radical (unpaired) electrons. The van der Waals surface area contributed by atoms with Crippen molar-refractivity contribution in [3.8, 4) is 0 Å². The maximum absolute atomic E-state index is 11.5. The van der Waals surface area contributed by atoms with Gasteiger partial charge in [-0.15, -0.1) is 0 Å². The smallest absolute Gasteiger partial charge is 0.323 e. The topological polar surface area (TPSA) is 38.3 Å². The lowest BCUT2D eigenvalue weighted by Gasteiger charge is -2.22. The van der Waals surface area contributed by atoms with E-state index in [1.165, 1.54) is 7.11 Å². The maximum Gasteiger partial charge on any atom is 0.323 e. The monoisotopic (exact) mass is 213 g/mol. The summed E-state index contributed by atoms with van der Waals surface area (Å²) in [6.07, 6.45) is 3.41. The average molecular weight is 213 g/mol. The van der Waals surface area contributed by atoms with Gasteiger partial charge in [0, 0.05) is 6.04 Å². The SMILES string of the molecule is COC(=O)C(NC(C)CC(C)C)C1CC1. The van der Waals surface area contributed by atoms with Gasteiger partial charge < -0.3 is 10.1 Å². The first-order valence-corrected chi connectivity index (χ1v) is 5.88. The predicted octanol–water partition coefficient (Wildman–Crippen LogP) is 1.96. The van der Waals surface area contributed by atoms with E-state index in [0.29, 0.717) is 17.9 Å². The molecule has 1 fully saturated rings. The van der Waals surface area contributed by atoms with Crippen LogP contribution in [0.1, 0.15) is 40.0 Å². The molecular weight excluding hydrogens is 190 g/mol. The fourth-order valence-electron chi connectivity index (χ4n) is 2.03. The molecule has 15 heavy (non-hydrogen) atoms. The lowest BCUT2D eigenvalue weighted by atomic mass is 10.0. The molecule has 0 saturated heterocycles. The number of methoxy groups -OCH3 is 1. The molecule has 3 heteroatoms. The van der Waals surface area contributed by atoms with E-state index < -0.39 is 0 Å². The summed E-state index contributed by atoms with van der Waals surface area (Å²) in [5.74, 6) is 1.06. The number of carbonyl (C=O) groups excluding carboxylic acids is 1. The van der Waals surface area contributed by atoms with E-state index in [9.17, 15) is 4.79 Å². The van der Waals surface area contributed by atoms with Gasteiger partial charge in [0.15, 0.2) is 0 Å². The van der Waals surface area contributed by atoms with Crippen molar-refractivity contribution in [3.05, 3.63) is 0 Å². The molecule has 0 spiro atoms. The molecule has 0 bridgehead atoms. The lowest BCUT2D eigenvalue weighted by Crippen LogP contribution is -2.44. The second kappa shape index (κ2) is 5.50. The standard InChI is InChI=1S/C12H23NO2/c1-8(2)7-9(3)13-11(10-5-6-10)12(14)15-4/h8-11,13H,5-7H2,1-4H3. The van der Waals surface area contributed by atoms with Crippen molar-refractivity contribution in [1.29, 1.82) is 0 Å². The zero-order valence-electron chi connectivity index (χ0n) is 10.2. The molecule has 88 valence electrons. The number of rotatable bonds is 6. The minimum atomic E-state index is -0.104. The highest BCUT2D eigenvalue weighted by molar-refractivity contribution is 5.76. The Morgan fingerprint density at radius 1 is 1.40 bits per heavy atom. The van der Waals surface area contributed by atoms with E-state index in [4.69, 9.17) is 4.74 Å². The van der Waals surface area contributed by atoms with Crippen LogP contribution < -0.4 is 5.32 Å². The molecule has 0 amide bonds. The molecule has 1 rings (SSSR count). The van der Waals surface area contributed by atoms with Crippen LogP contribution in [0.15, 0.2) is 0 Å². The van der Waals surface area contributed by atoms with Gasteiger partial charge >= 0.3 is 5.97 Å². The van der Waals surface area contributed by atoms with Crippen LogP contribution >= 0.6 is 0 Å². The first-order valence-electron chi connectivity index (χ1n) is 5.88. The summed E-state index contributed by atoms with van der Waals surface area (Å²) in [4.78, 5) is 11.5. The normalized spacial score (nSPS) is 20.1. The van der Waals surface area contributed by atoms with Crippen LogP contribution in [0.5, 0.6) is 0 Å². The summed E-state index contributed by atoms with van der Waals surface area (Å²) in [5, 5.41) is 3.39. The minimum Gasteiger partial charge on any atom is -0.468 e. The Morgan fingerprint density at radius 3 is 2.40 bits per heavy atom. The van der Waals surface area contributed by atoms with Crippen LogP contribution in [0.4, 0.5) is 0 Å².